The van der Waals surface area contributed by atoms with Gasteiger partial charge in [-0.05, 0) is 172 Å². The number of anilines is 2. The van der Waals surface area contributed by atoms with E-state index in [-0.39, 0.29) is 42.0 Å². The maximum Gasteiger partial charge on any atom is 0.501 e. The molecule has 0 radical (unpaired) electrons. The van der Waals surface area contributed by atoms with E-state index in [4.69, 9.17) is 11.6 Å². The van der Waals surface area contributed by atoms with Gasteiger partial charge in [0, 0.05) is 85.1 Å². The molecule has 2 saturated heterocycles. The molecule has 99 heavy (non-hydrogen) atoms. The molecule has 1 aromatic heterocycles. The number of likely N-dealkylation sites (tertiary alicyclic amines) is 1. The Morgan fingerprint density at radius 3 is 2.17 bits per heavy atom. The lowest BCUT2D eigenvalue weighted by molar-refractivity contribution is -0.144. The smallest absolute Gasteiger partial charge is 0.391 e. The number of aliphatic hydroxyl groups excluding tert-OH is 1. The first-order valence-corrected chi connectivity index (χ1v) is 38.7. The van der Waals surface area contributed by atoms with Gasteiger partial charge in [0.05, 0.1) is 38.8 Å². The standard InChI is InChI=1S/C73H91ClF3N9O9S4/c1-48(50-18-20-52(21-19-50)66-49(2)78-47-97-66)79-69(90)63-41-58(87)45-86(63)70(91)67(71(3,4)5)81-65(88)17-13-10-14-35-83(8)36-33-56(46-96-59-15-11-9-12-16-59)80-62-31-30-60(42-64(62)98(92,93)73(75,76)77)99(94,95)82-68(89)53-24-28-57(29-25-53)85-39-37-84(38-40-85)44-54-43-72(6,7)34-32-61(54)51-22-26-55(74)27-23-51/h9,11-12,15-16,18-31,42,47-48,56,58,63,67,80,87H,10,13-14,17,32-41,43-46H2,1-8H3,(H,79,90)(H,81,88)(H,82,89). The molecule has 18 nitrogen and oxygen atoms in total. The molecule has 3 aliphatic rings. The van der Waals surface area contributed by atoms with Crippen molar-refractivity contribution in [1.82, 2.24) is 35.0 Å². The first-order valence-electron chi connectivity index (χ1n) is 33.5. The maximum absolute atomic E-state index is 14.6. The van der Waals surface area contributed by atoms with E-state index in [2.05, 4.69) is 56.7 Å². The van der Waals surface area contributed by atoms with Gasteiger partial charge in [0.25, 0.3) is 25.8 Å². The number of piperazine rings is 1. The highest BCUT2D eigenvalue weighted by molar-refractivity contribution is 7.99. The predicted octanol–water partition coefficient (Wildman–Crippen LogP) is 12.8. The van der Waals surface area contributed by atoms with Gasteiger partial charge in [-0.15, -0.1) is 23.1 Å². The third kappa shape index (κ3) is 20.3. The molecule has 0 bridgehead atoms. The largest absolute Gasteiger partial charge is 0.501 e. The number of sulfonamides is 1. The Morgan fingerprint density at radius 1 is 0.848 bits per heavy atom. The monoisotopic (exact) mass is 1460 g/mol. The molecule has 5 aromatic carbocycles. The van der Waals surface area contributed by atoms with Crippen molar-refractivity contribution >= 4 is 95.1 Å². The van der Waals surface area contributed by atoms with Gasteiger partial charge in [-0.2, -0.15) is 13.2 Å². The Kier molecular flexibility index (Phi) is 25.3. The Balaban J connectivity index is 0.774. The van der Waals surface area contributed by atoms with Crippen LogP contribution in [-0.2, 0) is 34.2 Å². The Morgan fingerprint density at radius 2 is 1.53 bits per heavy atom. The van der Waals surface area contributed by atoms with Gasteiger partial charge in [0.15, 0.2) is 0 Å². The number of nitrogens with zero attached hydrogens (tertiary/aromatic N) is 5. The van der Waals surface area contributed by atoms with Gasteiger partial charge >= 0.3 is 5.51 Å². The number of rotatable bonds is 28. The number of unbranched alkanes of at least 4 members (excludes halogenated alkanes) is 2. The number of nitrogens with one attached hydrogen (secondary N) is 4. The molecule has 534 valence electrons. The number of hydrogen-bond acceptors (Lipinski definition) is 16. The molecular weight excluding hydrogens is 1370 g/mol. The minimum Gasteiger partial charge on any atom is -0.391 e. The van der Waals surface area contributed by atoms with Crippen molar-refractivity contribution in [3.05, 3.63) is 160 Å². The zero-order chi connectivity index (χ0) is 71.6. The minimum absolute atomic E-state index is 0.0399. The third-order valence-corrected chi connectivity index (χ3v) is 23.9. The number of aliphatic hydroxyl groups is 1. The van der Waals surface area contributed by atoms with Crippen LogP contribution in [0.1, 0.15) is 133 Å². The third-order valence-electron chi connectivity index (χ3n) is 18.6. The van der Waals surface area contributed by atoms with E-state index in [1.54, 1.807) is 29.0 Å². The van der Waals surface area contributed by atoms with Crippen LogP contribution in [0, 0.1) is 17.8 Å². The average Bonchev–Trinajstić information content (AvgIpc) is 1.11. The number of aromatic nitrogens is 1. The van der Waals surface area contributed by atoms with Crippen molar-refractivity contribution in [2.24, 2.45) is 10.8 Å². The van der Waals surface area contributed by atoms with Crippen LogP contribution in [0.3, 0.4) is 0 Å². The lowest BCUT2D eigenvalue weighted by Gasteiger charge is -2.39. The van der Waals surface area contributed by atoms with Gasteiger partial charge in [0.2, 0.25) is 17.7 Å². The molecule has 6 aromatic rings. The fraction of sp³-hybridized carbons (Fsp3) is 0.466. The van der Waals surface area contributed by atoms with Crippen LogP contribution in [0.25, 0.3) is 16.0 Å². The van der Waals surface area contributed by atoms with E-state index < -0.39 is 94.3 Å². The first-order chi connectivity index (χ1) is 46.7. The van der Waals surface area contributed by atoms with Crippen LogP contribution in [0.2, 0.25) is 5.02 Å². The SMILES string of the molecule is Cc1ncsc1-c1ccc(C(C)NC(=O)C2CC(O)CN2C(=O)C(NC(=O)CCCCCN(C)CCC(CSc2ccccc2)Nc2ccc(S(=O)(=O)NC(=O)c3ccc(N4CCN(CC5=C(c6ccc(Cl)cc6)CCC(C)(C)C5)CC4)cc3)cc2S(=O)(=O)C(F)(F)F)C(C)(C)C)cc1. The van der Waals surface area contributed by atoms with E-state index in [0.717, 1.165) is 83.3 Å². The second-order valence-electron chi connectivity index (χ2n) is 28.0. The second kappa shape index (κ2) is 32.9. The summed E-state index contributed by atoms with van der Waals surface area (Å²) < 4.78 is 100. The summed E-state index contributed by atoms with van der Waals surface area (Å²) in [5, 5.41) is 20.4. The maximum atomic E-state index is 14.6. The van der Waals surface area contributed by atoms with Gasteiger partial charge < -0.3 is 35.8 Å². The number of carbonyl (C=O) groups excluding carboxylic acids is 4. The molecule has 0 spiro atoms. The van der Waals surface area contributed by atoms with Crippen molar-refractivity contribution in [1.29, 1.82) is 0 Å². The summed E-state index contributed by atoms with van der Waals surface area (Å²) in [5.74, 6) is -2.04. The summed E-state index contributed by atoms with van der Waals surface area (Å²) in [4.78, 5) is 67.4. The number of sulfone groups is 1. The Bertz CT molecular complexity index is 4060. The number of carbonyl (C=O) groups is 4. The van der Waals surface area contributed by atoms with Crippen molar-refractivity contribution in [2.75, 3.05) is 75.4 Å². The number of hydrogen-bond donors (Lipinski definition) is 5. The lowest BCUT2D eigenvalue weighted by Crippen LogP contribution is -2.57. The molecule has 0 saturated carbocycles. The number of thioether (sulfide) groups is 1. The number of β-amino-alcohol motifs (C(OH)–C–C–N with tert-alkyl or cyclic N) is 1. The molecule has 4 amide bonds. The summed E-state index contributed by atoms with van der Waals surface area (Å²) >= 11 is 9.16. The van der Waals surface area contributed by atoms with E-state index in [1.807, 2.05) is 118 Å². The molecule has 3 heterocycles. The number of amides is 4. The molecule has 2 aliphatic heterocycles. The Labute approximate surface area is 593 Å². The average molecular weight is 1460 g/mol. The summed E-state index contributed by atoms with van der Waals surface area (Å²) in [5.41, 5.74) is 2.51. The van der Waals surface area contributed by atoms with Crippen LogP contribution < -0.4 is 25.6 Å². The van der Waals surface area contributed by atoms with Crippen molar-refractivity contribution in [2.45, 2.75) is 157 Å². The van der Waals surface area contributed by atoms with Crippen LogP contribution in [0.5, 0.6) is 0 Å². The molecule has 26 heteroatoms. The van der Waals surface area contributed by atoms with E-state index in [0.29, 0.717) is 63.0 Å². The van der Waals surface area contributed by atoms with Gasteiger partial charge in [0.1, 0.15) is 17.0 Å². The zero-order valence-electron chi connectivity index (χ0n) is 57.3. The second-order valence-corrected chi connectivity index (χ2v) is 34.0. The number of allylic oxidation sites excluding steroid dienone is 1. The molecule has 5 N–H and O–H groups in total. The quantitative estimate of drug-likeness (QED) is 0.0227. The summed E-state index contributed by atoms with van der Waals surface area (Å²) in [6.07, 6.45) is 4.34. The lowest BCUT2D eigenvalue weighted by atomic mass is 9.73. The molecule has 9 rings (SSSR count). The molecule has 5 unspecified atom stereocenters. The van der Waals surface area contributed by atoms with Gasteiger partial charge in [-0.1, -0.05) is 113 Å². The van der Waals surface area contributed by atoms with Gasteiger partial charge in [-0.25, -0.2) is 26.5 Å². The van der Waals surface area contributed by atoms with Crippen LogP contribution in [-0.4, -0.2) is 160 Å². The van der Waals surface area contributed by atoms with E-state index >= 15 is 0 Å². The summed E-state index contributed by atoms with van der Waals surface area (Å²) in [6.45, 7) is 18.6. The zero-order valence-corrected chi connectivity index (χ0v) is 61.4. The molecule has 2 fully saturated rings. The fourth-order valence-electron chi connectivity index (χ4n) is 12.9. The number of thiazole rings is 1. The van der Waals surface area contributed by atoms with Crippen LogP contribution in [0.4, 0.5) is 24.5 Å². The van der Waals surface area contributed by atoms with Crippen molar-refractivity contribution < 1.29 is 54.3 Å². The summed E-state index contributed by atoms with van der Waals surface area (Å²) in [7, 11) is -9.26. The molecule has 1 aliphatic carbocycles. The molecule has 5 atom stereocenters. The minimum atomic E-state index is -6.18. The highest BCUT2D eigenvalue weighted by Crippen LogP contribution is 2.44. The van der Waals surface area contributed by atoms with Crippen molar-refractivity contribution in [3.63, 3.8) is 0 Å². The highest BCUT2D eigenvalue weighted by Gasteiger charge is 2.49. The predicted molar refractivity (Wildman–Crippen MR) is 387 cm³/mol. The van der Waals surface area contributed by atoms with E-state index in [9.17, 15) is 54.3 Å². The number of halogens is 4. The number of benzene rings is 5. The van der Waals surface area contributed by atoms with Crippen LogP contribution >= 0.6 is 34.7 Å². The van der Waals surface area contributed by atoms with Crippen molar-refractivity contribution in [3.8, 4) is 10.4 Å². The normalized spacial score (nSPS) is 18.0. The number of aryl methyl sites for hydroxylation is 1. The Hall–Kier alpha value is -6.84. The fourth-order valence-corrected chi connectivity index (χ4v) is 16.9. The molecular formula is C73H91ClF3N9O9S4. The topological polar surface area (TPSA) is 231 Å². The first kappa shape index (κ1) is 76.3. The van der Waals surface area contributed by atoms with E-state index in [1.165, 1.54) is 45.5 Å². The summed E-state index contributed by atoms with van der Waals surface area (Å²) in [6, 6.07) is 30.8. The highest BCUT2D eigenvalue weighted by atomic mass is 35.5. The number of alkyl halides is 3. The van der Waals surface area contributed by atoms with Gasteiger partial charge in [-0.3, -0.25) is 24.1 Å². The van der Waals surface area contributed by atoms with Crippen LogP contribution in [0.15, 0.2) is 147 Å².